The van der Waals surface area contributed by atoms with Crippen LogP contribution < -0.4 is 4.74 Å². The van der Waals surface area contributed by atoms with Gasteiger partial charge >= 0.3 is 5.97 Å². The second-order valence-electron chi connectivity index (χ2n) is 4.77. The Morgan fingerprint density at radius 3 is 2.29 bits per heavy atom. The number of likely N-dealkylation sites (N-methyl/N-ethyl adjacent to an activating group) is 1. The summed E-state index contributed by atoms with van der Waals surface area (Å²) in [6.07, 6.45) is 0. The van der Waals surface area contributed by atoms with E-state index in [1.54, 1.807) is 19.2 Å². The number of fused-ring (bicyclic) bond motifs is 1. The maximum atomic E-state index is 11.6. The van der Waals surface area contributed by atoms with Gasteiger partial charge in [0.25, 0.3) is 0 Å². The Labute approximate surface area is 122 Å². The van der Waals surface area contributed by atoms with Crippen molar-refractivity contribution in [2.75, 3.05) is 14.2 Å². The predicted octanol–water partition coefficient (Wildman–Crippen LogP) is 2.45. The van der Waals surface area contributed by atoms with Crippen LogP contribution in [0.5, 0.6) is 5.75 Å². The molecule has 1 amide bonds. The molecule has 5 nitrogen and oxygen atoms in total. The number of hydrogen-bond acceptors (Lipinski definition) is 3. The van der Waals surface area contributed by atoms with Gasteiger partial charge < -0.3 is 14.7 Å². The van der Waals surface area contributed by atoms with Crippen LogP contribution in [0, 0.1) is 0 Å². The van der Waals surface area contributed by atoms with Crippen molar-refractivity contribution < 1.29 is 19.4 Å². The topological polar surface area (TPSA) is 66.8 Å². The average molecular weight is 287 g/mol. The van der Waals surface area contributed by atoms with E-state index >= 15 is 0 Å². The highest BCUT2D eigenvalue weighted by atomic mass is 16.5. The Bertz CT molecular complexity index is 696. The minimum absolute atomic E-state index is 0.303. The molecule has 2 rings (SSSR count). The van der Waals surface area contributed by atoms with Crippen molar-refractivity contribution in [1.29, 1.82) is 0 Å². The van der Waals surface area contributed by atoms with E-state index in [1.165, 1.54) is 18.9 Å². The molecular weight excluding hydrogens is 270 g/mol. The maximum absolute atomic E-state index is 11.6. The summed E-state index contributed by atoms with van der Waals surface area (Å²) in [6.45, 7) is 1.35. The monoisotopic (exact) mass is 287 g/mol. The molecule has 110 valence electrons. The molecule has 0 aliphatic rings. The van der Waals surface area contributed by atoms with Crippen LogP contribution in [-0.4, -0.2) is 36.0 Å². The average Bonchev–Trinajstić information content (AvgIpc) is 2.47. The van der Waals surface area contributed by atoms with Gasteiger partial charge in [-0.25, -0.2) is 4.79 Å². The van der Waals surface area contributed by atoms with Crippen LogP contribution in [0.1, 0.15) is 18.5 Å². The fourth-order valence-corrected chi connectivity index (χ4v) is 2.40. The van der Waals surface area contributed by atoms with Gasteiger partial charge in [-0.05, 0) is 17.0 Å². The van der Waals surface area contributed by atoms with Crippen molar-refractivity contribution >= 4 is 22.6 Å². The van der Waals surface area contributed by atoms with Gasteiger partial charge in [-0.1, -0.05) is 30.3 Å². The van der Waals surface area contributed by atoms with Crippen LogP contribution in [-0.2, 0) is 9.59 Å². The summed E-state index contributed by atoms with van der Waals surface area (Å²) in [7, 11) is 3.05. The van der Waals surface area contributed by atoms with Gasteiger partial charge in [0.1, 0.15) is 5.75 Å². The SMILES string of the molecule is COc1ccc(C(C(=O)O)N(C)C(C)=O)c2ccccc12. The fourth-order valence-electron chi connectivity index (χ4n) is 2.40. The molecule has 0 radical (unpaired) electrons. The molecule has 0 spiro atoms. The first-order valence-corrected chi connectivity index (χ1v) is 6.49. The number of carbonyl (C=O) groups excluding carboxylic acids is 1. The number of carboxylic acids is 1. The molecule has 0 saturated heterocycles. The normalized spacial score (nSPS) is 12.0. The van der Waals surface area contributed by atoms with Crippen LogP contribution >= 0.6 is 0 Å². The third kappa shape index (κ3) is 2.67. The molecule has 0 heterocycles. The first kappa shape index (κ1) is 14.8. The van der Waals surface area contributed by atoms with Crippen molar-refractivity contribution in [3.05, 3.63) is 42.0 Å². The minimum atomic E-state index is -1.07. The second kappa shape index (κ2) is 5.83. The Kier molecular flexibility index (Phi) is 4.12. The highest BCUT2D eigenvalue weighted by Crippen LogP contribution is 2.33. The summed E-state index contributed by atoms with van der Waals surface area (Å²) in [5.41, 5.74) is 0.566. The molecule has 0 aliphatic heterocycles. The molecule has 1 atom stereocenters. The van der Waals surface area contributed by atoms with E-state index in [9.17, 15) is 14.7 Å². The van der Waals surface area contributed by atoms with Crippen LogP contribution in [0.15, 0.2) is 36.4 Å². The Balaban J connectivity index is 2.70. The van der Waals surface area contributed by atoms with Crippen LogP contribution in [0.2, 0.25) is 0 Å². The van der Waals surface area contributed by atoms with Gasteiger partial charge in [-0.3, -0.25) is 4.79 Å². The number of ether oxygens (including phenoxy) is 1. The number of amides is 1. The van der Waals surface area contributed by atoms with E-state index in [-0.39, 0.29) is 5.91 Å². The first-order valence-electron chi connectivity index (χ1n) is 6.49. The highest BCUT2D eigenvalue weighted by Gasteiger charge is 2.28. The molecule has 2 aromatic carbocycles. The Morgan fingerprint density at radius 2 is 1.76 bits per heavy atom. The van der Waals surface area contributed by atoms with E-state index in [1.807, 2.05) is 24.3 Å². The van der Waals surface area contributed by atoms with Crippen molar-refractivity contribution in [2.45, 2.75) is 13.0 Å². The largest absolute Gasteiger partial charge is 0.496 e. The summed E-state index contributed by atoms with van der Waals surface area (Å²) in [6, 6.07) is 9.78. The number of rotatable bonds is 4. The number of methoxy groups -OCH3 is 1. The lowest BCUT2D eigenvalue weighted by molar-refractivity contribution is -0.148. The van der Waals surface area contributed by atoms with E-state index in [4.69, 9.17) is 4.74 Å². The third-order valence-corrected chi connectivity index (χ3v) is 3.55. The highest BCUT2D eigenvalue weighted by molar-refractivity contribution is 5.95. The van der Waals surface area contributed by atoms with Gasteiger partial charge in [0.05, 0.1) is 7.11 Å². The number of carbonyl (C=O) groups is 2. The van der Waals surface area contributed by atoms with Crippen LogP contribution in [0.25, 0.3) is 10.8 Å². The molecule has 0 bridgehead atoms. The minimum Gasteiger partial charge on any atom is -0.496 e. The van der Waals surface area contributed by atoms with Gasteiger partial charge in [-0.15, -0.1) is 0 Å². The standard InChI is InChI=1S/C16H17NO4/c1-10(18)17(2)15(16(19)20)13-8-9-14(21-3)12-7-5-4-6-11(12)13/h4-9,15H,1-3H3,(H,19,20). The molecule has 2 aromatic rings. The number of hydrogen-bond donors (Lipinski definition) is 1. The van der Waals surface area contributed by atoms with E-state index in [0.29, 0.717) is 11.3 Å². The van der Waals surface area contributed by atoms with Gasteiger partial charge in [0.15, 0.2) is 6.04 Å². The molecule has 1 N–H and O–H groups in total. The Morgan fingerprint density at radius 1 is 1.14 bits per heavy atom. The van der Waals surface area contributed by atoms with Gasteiger partial charge in [-0.2, -0.15) is 0 Å². The molecule has 0 aliphatic carbocycles. The summed E-state index contributed by atoms with van der Waals surface area (Å²) in [5.74, 6) is -0.700. The predicted molar refractivity (Wildman–Crippen MR) is 79.3 cm³/mol. The quantitative estimate of drug-likeness (QED) is 0.938. The van der Waals surface area contributed by atoms with Crippen LogP contribution in [0.4, 0.5) is 0 Å². The lowest BCUT2D eigenvalue weighted by Crippen LogP contribution is -2.34. The molecular formula is C16H17NO4. The zero-order chi connectivity index (χ0) is 15.6. The zero-order valence-corrected chi connectivity index (χ0v) is 12.2. The molecule has 0 aromatic heterocycles. The third-order valence-electron chi connectivity index (χ3n) is 3.55. The maximum Gasteiger partial charge on any atom is 0.331 e. The van der Waals surface area contributed by atoms with Crippen LogP contribution in [0.3, 0.4) is 0 Å². The van der Waals surface area contributed by atoms with Crippen molar-refractivity contribution in [1.82, 2.24) is 4.90 Å². The first-order chi connectivity index (χ1) is 9.97. The summed E-state index contributed by atoms with van der Waals surface area (Å²) in [5, 5.41) is 11.1. The molecule has 0 fully saturated rings. The van der Waals surface area contributed by atoms with E-state index in [2.05, 4.69) is 0 Å². The second-order valence-corrected chi connectivity index (χ2v) is 4.77. The fraction of sp³-hybridized carbons (Fsp3) is 0.250. The number of carboxylic acid groups (broad SMARTS) is 1. The molecule has 21 heavy (non-hydrogen) atoms. The van der Waals surface area contributed by atoms with Gasteiger partial charge in [0.2, 0.25) is 5.91 Å². The number of nitrogens with zero attached hydrogens (tertiary/aromatic N) is 1. The van der Waals surface area contributed by atoms with Crippen molar-refractivity contribution in [2.24, 2.45) is 0 Å². The summed E-state index contributed by atoms with van der Waals surface area (Å²) >= 11 is 0. The summed E-state index contributed by atoms with van der Waals surface area (Å²) < 4.78 is 5.30. The number of benzene rings is 2. The smallest absolute Gasteiger partial charge is 0.331 e. The van der Waals surface area contributed by atoms with E-state index in [0.717, 1.165) is 10.8 Å². The lowest BCUT2D eigenvalue weighted by Gasteiger charge is -2.25. The van der Waals surface area contributed by atoms with Gasteiger partial charge in [0, 0.05) is 19.4 Å². The lowest BCUT2D eigenvalue weighted by atomic mass is 9.97. The molecule has 1 unspecified atom stereocenters. The Hall–Kier alpha value is -2.56. The van der Waals surface area contributed by atoms with Crippen molar-refractivity contribution in [3.8, 4) is 5.75 Å². The van der Waals surface area contributed by atoms with E-state index < -0.39 is 12.0 Å². The summed E-state index contributed by atoms with van der Waals surface area (Å²) in [4.78, 5) is 24.4. The number of aliphatic carboxylic acids is 1. The van der Waals surface area contributed by atoms with Crippen molar-refractivity contribution in [3.63, 3.8) is 0 Å². The zero-order valence-electron chi connectivity index (χ0n) is 12.2. The molecule has 0 saturated carbocycles. The molecule has 5 heteroatoms.